The van der Waals surface area contributed by atoms with Gasteiger partial charge in [0.05, 0.1) is 10.6 Å². The van der Waals surface area contributed by atoms with Gasteiger partial charge in [-0.3, -0.25) is 13.9 Å². The number of rotatable bonds is 11. The molecule has 0 spiro atoms. The van der Waals surface area contributed by atoms with Crippen molar-refractivity contribution in [3.63, 3.8) is 0 Å². The zero-order valence-electron chi connectivity index (χ0n) is 23.6. The molecule has 0 aromatic heterocycles. The number of nitrogens with one attached hydrogen (secondary N) is 1. The molecular weight excluding hydrogens is 510 g/mol. The fourth-order valence-electron chi connectivity index (χ4n) is 4.16. The van der Waals surface area contributed by atoms with Crippen LogP contribution in [-0.2, 0) is 26.2 Å². The van der Waals surface area contributed by atoms with E-state index in [0.29, 0.717) is 12.2 Å². The highest BCUT2D eigenvalue weighted by atomic mass is 32.2. The minimum atomic E-state index is -4.08. The molecule has 0 fully saturated rings. The van der Waals surface area contributed by atoms with Gasteiger partial charge in [0.25, 0.3) is 10.0 Å². The van der Waals surface area contributed by atoms with E-state index in [2.05, 4.69) is 5.32 Å². The van der Waals surface area contributed by atoms with Crippen LogP contribution in [0.1, 0.15) is 43.0 Å². The molecule has 0 aliphatic rings. The third-order valence-electron chi connectivity index (χ3n) is 6.78. The lowest BCUT2D eigenvalue weighted by Crippen LogP contribution is -2.51. The molecule has 3 aromatic carbocycles. The number of amides is 2. The molecule has 0 heterocycles. The zero-order chi connectivity index (χ0) is 28.7. The van der Waals surface area contributed by atoms with Crippen molar-refractivity contribution in [1.82, 2.24) is 10.2 Å². The normalized spacial score (nSPS) is 12.2. The second kappa shape index (κ2) is 12.9. The van der Waals surface area contributed by atoms with Crippen molar-refractivity contribution < 1.29 is 18.0 Å². The molecule has 3 aromatic rings. The van der Waals surface area contributed by atoms with Crippen LogP contribution in [0, 0.1) is 26.7 Å². The molecule has 1 atom stereocenters. The first-order valence-corrected chi connectivity index (χ1v) is 14.6. The average molecular weight is 550 g/mol. The lowest BCUT2D eigenvalue weighted by Gasteiger charge is -2.32. The number of carbonyl (C=O) groups excluding carboxylic acids is 2. The van der Waals surface area contributed by atoms with E-state index in [1.165, 1.54) is 17.0 Å². The Morgan fingerprint density at radius 1 is 0.846 bits per heavy atom. The Morgan fingerprint density at radius 2 is 1.49 bits per heavy atom. The maximum absolute atomic E-state index is 14.0. The molecule has 0 aliphatic heterocycles. The summed E-state index contributed by atoms with van der Waals surface area (Å²) < 4.78 is 29.0. The van der Waals surface area contributed by atoms with Crippen molar-refractivity contribution in [2.24, 2.45) is 5.92 Å². The highest BCUT2D eigenvalue weighted by Crippen LogP contribution is 2.29. The number of sulfonamides is 1. The van der Waals surface area contributed by atoms with E-state index in [1.807, 2.05) is 65.0 Å². The van der Waals surface area contributed by atoms with Crippen LogP contribution in [0.4, 0.5) is 5.69 Å². The van der Waals surface area contributed by atoms with Gasteiger partial charge in [-0.2, -0.15) is 0 Å². The van der Waals surface area contributed by atoms with Gasteiger partial charge in [0.1, 0.15) is 12.6 Å². The van der Waals surface area contributed by atoms with E-state index < -0.39 is 28.5 Å². The zero-order valence-corrected chi connectivity index (χ0v) is 24.5. The minimum Gasteiger partial charge on any atom is -0.354 e. The molecule has 0 aliphatic carbocycles. The fraction of sp³-hybridized carbons (Fsp3) is 0.355. The van der Waals surface area contributed by atoms with E-state index in [0.717, 1.165) is 26.6 Å². The standard InChI is InChI=1S/C31H39N3O4S/c1-22(2)19-32-31(36)26(6)33(20-27-17-15-23(3)16-18-27)30(35)21-34(29-14-10-11-24(4)25(29)5)39(37,38)28-12-8-7-9-13-28/h7-18,22,26H,19-21H2,1-6H3,(H,32,36). The number of hydrogen-bond donors (Lipinski definition) is 1. The summed E-state index contributed by atoms with van der Waals surface area (Å²) >= 11 is 0. The summed E-state index contributed by atoms with van der Waals surface area (Å²) in [6, 6.07) is 20.4. The van der Waals surface area contributed by atoms with Crippen molar-refractivity contribution in [3.05, 3.63) is 95.1 Å². The molecule has 0 bridgehead atoms. The molecule has 0 saturated carbocycles. The van der Waals surface area contributed by atoms with Crippen molar-refractivity contribution >= 4 is 27.5 Å². The lowest BCUT2D eigenvalue weighted by atomic mass is 10.1. The molecule has 208 valence electrons. The second-order valence-electron chi connectivity index (χ2n) is 10.4. The van der Waals surface area contributed by atoms with E-state index in [9.17, 15) is 18.0 Å². The summed E-state index contributed by atoms with van der Waals surface area (Å²) in [7, 11) is -4.08. The summed E-state index contributed by atoms with van der Waals surface area (Å²) in [4.78, 5) is 28.6. The summed E-state index contributed by atoms with van der Waals surface area (Å²) in [6.45, 7) is 11.6. The Labute approximate surface area is 232 Å². The van der Waals surface area contributed by atoms with Crippen LogP contribution in [-0.4, -0.2) is 44.3 Å². The summed E-state index contributed by atoms with van der Waals surface area (Å²) in [5.41, 5.74) is 4.03. The first kappa shape index (κ1) is 29.9. The third-order valence-corrected chi connectivity index (χ3v) is 8.55. The van der Waals surface area contributed by atoms with E-state index in [4.69, 9.17) is 0 Å². The third kappa shape index (κ3) is 7.47. The van der Waals surface area contributed by atoms with E-state index in [-0.39, 0.29) is 23.3 Å². The van der Waals surface area contributed by atoms with E-state index in [1.54, 1.807) is 37.3 Å². The molecule has 1 N–H and O–H groups in total. The topological polar surface area (TPSA) is 86.8 Å². The Morgan fingerprint density at radius 3 is 2.10 bits per heavy atom. The van der Waals surface area contributed by atoms with Crippen LogP contribution >= 0.6 is 0 Å². The molecule has 1 unspecified atom stereocenters. The number of anilines is 1. The van der Waals surface area contributed by atoms with E-state index >= 15 is 0 Å². The summed E-state index contributed by atoms with van der Waals surface area (Å²) in [5, 5.41) is 2.91. The van der Waals surface area contributed by atoms with Crippen LogP contribution in [0.2, 0.25) is 0 Å². The van der Waals surface area contributed by atoms with Crippen LogP contribution in [0.5, 0.6) is 0 Å². The van der Waals surface area contributed by atoms with Crippen LogP contribution in [0.25, 0.3) is 0 Å². The molecule has 3 rings (SSSR count). The smallest absolute Gasteiger partial charge is 0.264 e. The average Bonchev–Trinajstić information content (AvgIpc) is 2.91. The van der Waals surface area contributed by atoms with Crippen molar-refractivity contribution in [2.45, 2.75) is 59.0 Å². The Bertz CT molecular complexity index is 1390. The first-order valence-electron chi connectivity index (χ1n) is 13.2. The second-order valence-corrected chi connectivity index (χ2v) is 12.2. The molecule has 7 nitrogen and oxygen atoms in total. The highest BCUT2D eigenvalue weighted by molar-refractivity contribution is 7.92. The Hall–Kier alpha value is -3.65. The van der Waals surface area contributed by atoms with Crippen LogP contribution in [0.15, 0.2) is 77.7 Å². The van der Waals surface area contributed by atoms with Crippen molar-refractivity contribution in [2.75, 3.05) is 17.4 Å². The summed E-state index contributed by atoms with van der Waals surface area (Å²) in [6.07, 6.45) is 0. The number of benzene rings is 3. The predicted molar refractivity (Wildman–Crippen MR) is 156 cm³/mol. The molecule has 0 saturated heterocycles. The van der Waals surface area contributed by atoms with Gasteiger partial charge >= 0.3 is 0 Å². The number of hydrogen-bond acceptors (Lipinski definition) is 4. The maximum Gasteiger partial charge on any atom is 0.264 e. The maximum atomic E-state index is 14.0. The van der Waals surface area contributed by atoms with Crippen LogP contribution < -0.4 is 9.62 Å². The molecule has 2 amide bonds. The van der Waals surface area contributed by atoms with Crippen molar-refractivity contribution in [3.8, 4) is 0 Å². The van der Waals surface area contributed by atoms with Gasteiger partial charge in [-0.15, -0.1) is 0 Å². The minimum absolute atomic E-state index is 0.0894. The van der Waals surface area contributed by atoms with Gasteiger partial charge in [0.2, 0.25) is 11.8 Å². The van der Waals surface area contributed by atoms with Gasteiger partial charge in [0.15, 0.2) is 0 Å². The molecular formula is C31H39N3O4S. The number of aryl methyl sites for hydroxylation is 2. The molecule has 39 heavy (non-hydrogen) atoms. The predicted octanol–water partition coefficient (Wildman–Crippen LogP) is 5.00. The number of nitrogens with zero attached hydrogens (tertiary/aromatic N) is 2. The molecule has 0 radical (unpaired) electrons. The lowest BCUT2D eigenvalue weighted by molar-refractivity contribution is -0.139. The van der Waals surface area contributed by atoms with Gasteiger partial charge in [-0.1, -0.05) is 74.0 Å². The Kier molecular flexibility index (Phi) is 9.92. The largest absolute Gasteiger partial charge is 0.354 e. The van der Waals surface area contributed by atoms with Crippen LogP contribution in [0.3, 0.4) is 0 Å². The summed E-state index contributed by atoms with van der Waals surface area (Å²) in [5.74, 6) is -0.505. The Balaban J connectivity index is 2.04. The fourth-order valence-corrected chi connectivity index (χ4v) is 5.66. The monoisotopic (exact) mass is 549 g/mol. The highest BCUT2D eigenvalue weighted by Gasteiger charge is 2.33. The molecule has 8 heteroatoms. The van der Waals surface area contributed by atoms with Gasteiger partial charge in [-0.05, 0) is 68.5 Å². The van der Waals surface area contributed by atoms with Crippen molar-refractivity contribution in [1.29, 1.82) is 0 Å². The number of carbonyl (C=O) groups is 2. The quantitative estimate of drug-likeness (QED) is 0.365. The SMILES string of the molecule is Cc1ccc(CN(C(=O)CN(c2cccc(C)c2C)S(=O)(=O)c2ccccc2)C(C)C(=O)NCC(C)C)cc1. The first-order chi connectivity index (χ1) is 18.4. The van der Waals surface area contributed by atoms with Gasteiger partial charge < -0.3 is 10.2 Å². The van der Waals surface area contributed by atoms with Gasteiger partial charge in [-0.25, -0.2) is 8.42 Å². The van der Waals surface area contributed by atoms with Gasteiger partial charge in [0, 0.05) is 13.1 Å².